The van der Waals surface area contributed by atoms with E-state index >= 15 is 0 Å². The van der Waals surface area contributed by atoms with Crippen molar-refractivity contribution in [2.75, 3.05) is 31.3 Å². The average molecular weight is 253 g/mol. The highest BCUT2D eigenvalue weighted by Gasteiger charge is 2.15. The lowest BCUT2D eigenvalue weighted by atomic mass is 10.3. The third-order valence-corrected chi connectivity index (χ3v) is 2.21. The molecule has 0 aliphatic rings. The lowest BCUT2D eigenvalue weighted by Crippen LogP contribution is -2.39. The fourth-order valence-corrected chi connectivity index (χ4v) is 1.50. The number of carbonyl (C=O) groups is 1. The molecule has 1 aromatic rings. The number of aromatic nitrogens is 2. The number of hydrogen-bond donors (Lipinski definition) is 2. The zero-order chi connectivity index (χ0) is 13.7. The molecule has 100 valence electrons. The van der Waals surface area contributed by atoms with Gasteiger partial charge < -0.3 is 20.7 Å². The van der Waals surface area contributed by atoms with Crippen molar-refractivity contribution in [2.45, 2.75) is 19.9 Å². The van der Waals surface area contributed by atoms with Gasteiger partial charge in [0.2, 0.25) is 11.8 Å². The molecular formula is C11H19N5O2. The van der Waals surface area contributed by atoms with Crippen molar-refractivity contribution in [2.24, 2.45) is 0 Å². The highest BCUT2D eigenvalue weighted by atomic mass is 16.5. The van der Waals surface area contributed by atoms with Crippen LogP contribution in [0.5, 0.6) is 5.88 Å². The largest absolute Gasteiger partial charge is 0.479 e. The number of nitrogen functional groups attached to an aromatic ring is 1. The molecule has 7 heteroatoms. The molecular weight excluding hydrogens is 234 g/mol. The first kappa shape index (κ1) is 14.0. The van der Waals surface area contributed by atoms with Crippen molar-refractivity contribution in [3.05, 3.63) is 6.33 Å². The molecule has 7 nitrogen and oxygen atoms in total. The first-order chi connectivity index (χ1) is 8.45. The number of nitrogens with zero attached hydrogens (tertiary/aromatic N) is 3. The van der Waals surface area contributed by atoms with E-state index in [-0.39, 0.29) is 18.5 Å². The number of hydrogen-bond acceptors (Lipinski definition) is 6. The molecule has 0 aliphatic carbocycles. The monoisotopic (exact) mass is 253 g/mol. The third-order valence-electron chi connectivity index (χ3n) is 2.21. The SMILES string of the molecule is COc1ncnc(N(C)CC(=O)NC(C)C)c1N. The van der Waals surface area contributed by atoms with Crippen LogP contribution in [-0.4, -0.2) is 42.6 Å². The van der Waals surface area contributed by atoms with E-state index in [4.69, 9.17) is 10.5 Å². The molecule has 0 spiro atoms. The van der Waals surface area contributed by atoms with Crippen molar-refractivity contribution < 1.29 is 9.53 Å². The highest BCUT2D eigenvalue weighted by Crippen LogP contribution is 2.26. The molecule has 1 rings (SSSR count). The topological polar surface area (TPSA) is 93.4 Å². The van der Waals surface area contributed by atoms with Crippen molar-refractivity contribution in [1.82, 2.24) is 15.3 Å². The van der Waals surface area contributed by atoms with Crippen molar-refractivity contribution >= 4 is 17.4 Å². The van der Waals surface area contributed by atoms with Gasteiger partial charge in [-0.25, -0.2) is 4.98 Å². The van der Waals surface area contributed by atoms with Crippen LogP contribution in [0.15, 0.2) is 6.33 Å². The number of methoxy groups -OCH3 is 1. The molecule has 18 heavy (non-hydrogen) atoms. The lowest BCUT2D eigenvalue weighted by Gasteiger charge is -2.20. The van der Waals surface area contributed by atoms with Crippen LogP contribution in [0.1, 0.15) is 13.8 Å². The minimum absolute atomic E-state index is 0.0931. The summed E-state index contributed by atoms with van der Waals surface area (Å²) >= 11 is 0. The zero-order valence-corrected chi connectivity index (χ0v) is 11.1. The third kappa shape index (κ3) is 3.47. The molecule has 1 amide bonds. The van der Waals surface area contributed by atoms with Crippen LogP contribution in [0.3, 0.4) is 0 Å². The van der Waals surface area contributed by atoms with E-state index in [1.807, 2.05) is 13.8 Å². The Labute approximate surface area is 106 Å². The fraction of sp³-hybridized carbons (Fsp3) is 0.545. The second-order valence-electron chi connectivity index (χ2n) is 4.20. The number of likely N-dealkylation sites (N-methyl/N-ethyl adjacent to an activating group) is 1. The summed E-state index contributed by atoms with van der Waals surface area (Å²) in [6.45, 7) is 3.97. The van der Waals surface area contributed by atoms with Crippen LogP contribution in [0, 0.1) is 0 Å². The number of amides is 1. The lowest BCUT2D eigenvalue weighted by molar-refractivity contribution is -0.120. The van der Waals surface area contributed by atoms with Gasteiger partial charge in [-0.3, -0.25) is 4.79 Å². The summed E-state index contributed by atoms with van der Waals surface area (Å²) in [5.74, 6) is 0.682. The number of carbonyl (C=O) groups excluding carboxylic acids is 1. The molecule has 0 atom stereocenters. The van der Waals surface area contributed by atoms with E-state index in [0.29, 0.717) is 17.4 Å². The quantitative estimate of drug-likeness (QED) is 0.769. The van der Waals surface area contributed by atoms with Crippen LogP contribution < -0.4 is 20.7 Å². The van der Waals surface area contributed by atoms with Crippen molar-refractivity contribution in [1.29, 1.82) is 0 Å². The Balaban J connectivity index is 2.78. The summed E-state index contributed by atoms with van der Waals surface area (Å²) in [6.07, 6.45) is 1.35. The van der Waals surface area contributed by atoms with E-state index in [1.165, 1.54) is 13.4 Å². The number of anilines is 2. The van der Waals surface area contributed by atoms with Crippen LogP contribution in [0.25, 0.3) is 0 Å². The van der Waals surface area contributed by atoms with Gasteiger partial charge in [-0.1, -0.05) is 0 Å². The number of nitrogens with two attached hydrogens (primary N) is 1. The first-order valence-electron chi connectivity index (χ1n) is 5.60. The molecule has 0 radical (unpaired) electrons. The van der Waals surface area contributed by atoms with Crippen molar-refractivity contribution in [3.63, 3.8) is 0 Å². The van der Waals surface area contributed by atoms with Gasteiger partial charge in [0.25, 0.3) is 0 Å². The second-order valence-corrected chi connectivity index (χ2v) is 4.20. The Bertz CT molecular complexity index is 422. The van der Waals surface area contributed by atoms with Gasteiger partial charge in [0.1, 0.15) is 12.0 Å². The van der Waals surface area contributed by atoms with Crippen molar-refractivity contribution in [3.8, 4) is 5.88 Å². The normalized spacial score (nSPS) is 10.3. The van der Waals surface area contributed by atoms with E-state index in [9.17, 15) is 4.79 Å². The van der Waals surface area contributed by atoms with E-state index in [1.54, 1.807) is 11.9 Å². The maximum absolute atomic E-state index is 11.6. The minimum atomic E-state index is -0.0931. The van der Waals surface area contributed by atoms with Crippen LogP contribution in [-0.2, 0) is 4.79 Å². The van der Waals surface area contributed by atoms with Crippen LogP contribution in [0.4, 0.5) is 11.5 Å². The standard InChI is InChI=1S/C11H19N5O2/c1-7(2)15-8(17)5-16(3)10-9(12)11(18-4)14-6-13-10/h6-7H,5,12H2,1-4H3,(H,15,17). The smallest absolute Gasteiger partial charge is 0.242 e. The van der Waals surface area contributed by atoms with Gasteiger partial charge in [0, 0.05) is 13.1 Å². The molecule has 1 heterocycles. The molecule has 0 bridgehead atoms. The number of ether oxygens (including phenoxy) is 1. The summed E-state index contributed by atoms with van der Waals surface area (Å²) in [7, 11) is 3.21. The van der Waals surface area contributed by atoms with Gasteiger partial charge in [-0.2, -0.15) is 4.98 Å². The van der Waals surface area contributed by atoms with Gasteiger partial charge in [0.05, 0.1) is 13.7 Å². The molecule has 0 aliphatic heterocycles. The Morgan fingerprint density at radius 2 is 2.22 bits per heavy atom. The number of rotatable bonds is 5. The maximum Gasteiger partial charge on any atom is 0.242 e. The van der Waals surface area contributed by atoms with Crippen LogP contribution in [0.2, 0.25) is 0 Å². The predicted molar refractivity (Wildman–Crippen MR) is 69.5 cm³/mol. The minimum Gasteiger partial charge on any atom is -0.479 e. The Hall–Kier alpha value is -2.05. The Kier molecular flexibility index (Phi) is 4.70. The highest BCUT2D eigenvalue weighted by molar-refractivity contribution is 5.82. The zero-order valence-electron chi connectivity index (χ0n) is 11.1. The predicted octanol–water partition coefficient (Wildman–Crippen LogP) is 0.0282. The number of nitrogens with one attached hydrogen (secondary N) is 1. The summed E-state index contributed by atoms with van der Waals surface area (Å²) < 4.78 is 5.00. The molecule has 0 fully saturated rings. The van der Waals surface area contributed by atoms with Gasteiger partial charge >= 0.3 is 0 Å². The Morgan fingerprint density at radius 1 is 1.56 bits per heavy atom. The molecule has 1 aromatic heterocycles. The first-order valence-corrected chi connectivity index (χ1v) is 5.60. The van der Waals surface area contributed by atoms with E-state index in [2.05, 4.69) is 15.3 Å². The molecule has 0 unspecified atom stereocenters. The maximum atomic E-state index is 11.6. The molecule has 0 aromatic carbocycles. The summed E-state index contributed by atoms with van der Waals surface area (Å²) in [5.41, 5.74) is 6.17. The average Bonchev–Trinajstić information content (AvgIpc) is 2.27. The van der Waals surface area contributed by atoms with E-state index in [0.717, 1.165) is 0 Å². The van der Waals surface area contributed by atoms with Gasteiger partial charge in [0.15, 0.2) is 5.82 Å². The molecule has 0 saturated carbocycles. The fourth-order valence-electron chi connectivity index (χ4n) is 1.50. The Morgan fingerprint density at radius 3 is 2.78 bits per heavy atom. The summed E-state index contributed by atoms with van der Waals surface area (Å²) in [4.78, 5) is 21.2. The summed E-state index contributed by atoms with van der Waals surface area (Å²) in [6, 6.07) is 0.100. The van der Waals surface area contributed by atoms with Gasteiger partial charge in [-0.15, -0.1) is 0 Å². The molecule has 0 saturated heterocycles. The van der Waals surface area contributed by atoms with Gasteiger partial charge in [-0.05, 0) is 13.8 Å². The second kappa shape index (κ2) is 6.04. The van der Waals surface area contributed by atoms with Crippen LogP contribution >= 0.6 is 0 Å². The summed E-state index contributed by atoms with van der Waals surface area (Å²) in [5, 5.41) is 2.80. The van der Waals surface area contributed by atoms with E-state index < -0.39 is 0 Å². The molecule has 3 N–H and O–H groups in total.